The van der Waals surface area contributed by atoms with Crippen LogP contribution in [0.25, 0.3) is 21.9 Å². The number of hydrogen-bond acceptors (Lipinski definition) is 1. The Kier molecular flexibility index (Phi) is 4.27. The fourth-order valence-electron chi connectivity index (χ4n) is 6.70. The van der Waals surface area contributed by atoms with E-state index in [1.54, 1.807) is 0 Å². The molecule has 1 atom stereocenters. The molecule has 0 bridgehead atoms. The summed E-state index contributed by atoms with van der Waals surface area (Å²) < 4.78 is 6.79. The van der Waals surface area contributed by atoms with Crippen LogP contribution in [0.2, 0.25) is 0 Å². The first kappa shape index (κ1) is 20.6. The third-order valence-corrected chi connectivity index (χ3v) is 8.17. The highest BCUT2D eigenvalue weighted by molar-refractivity contribution is 6.04. The minimum Gasteiger partial charge on any atom is -0.456 e. The second-order valence-electron chi connectivity index (χ2n) is 10.1. The third-order valence-electron chi connectivity index (χ3n) is 8.17. The first-order chi connectivity index (χ1) is 18.4. The van der Waals surface area contributed by atoms with Crippen LogP contribution in [0.5, 0.6) is 11.5 Å². The third kappa shape index (κ3) is 2.74. The number of para-hydroxylation sites is 2. The number of hydrogen-bond donors (Lipinski definition) is 0. The van der Waals surface area contributed by atoms with Crippen LogP contribution >= 0.6 is 0 Å². The summed E-state index contributed by atoms with van der Waals surface area (Å²) in [5.41, 5.74) is 9.80. The first-order valence-corrected chi connectivity index (χ1v) is 12.9. The highest BCUT2D eigenvalue weighted by Gasteiger charge is 2.51. The van der Waals surface area contributed by atoms with Crippen LogP contribution in [0.4, 0.5) is 0 Å². The van der Waals surface area contributed by atoms with Crippen molar-refractivity contribution in [3.63, 3.8) is 0 Å². The molecule has 6 aromatic rings. The van der Waals surface area contributed by atoms with Gasteiger partial charge in [-0.1, -0.05) is 127 Å². The molecule has 1 heteroatoms. The Balaban J connectivity index is 1.50. The van der Waals surface area contributed by atoms with E-state index in [0.29, 0.717) is 0 Å². The lowest BCUT2D eigenvalue weighted by atomic mass is 9.65. The predicted molar refractivity (Wildman–Crippen MR) is 151 cm³/mol. The molecule has 8 rings (SSSR count). The van der Waals surface area contributed by atoms with Crippen LogP contribution < -0.4 is 4.74 Å². The predicted octanol–water partition coefficient (Wildman–Crippen LogP) is 8.90. The van der Waals surface area contributed by atoms with Crippen LogP contribution in [-0.4, -0.2) is 0 Å². The highest BCUT2D eigenvalue weighted by Crippen LogP contribution is 2.63. The van der Waals surface area contributed by atoms with Gasteiger partial charge < -0.3 is 4.74 Å². The van der Waals surface area contributed by atoms with E-state index in [1.807, 2.05) is 0 Å². The normalized spacial score (nSPS) is 16.5. The highest BCUT2D eigenvalue weighted by atomic mass is 16.5. The maximum atomic E-state index is 6.79. The van der Waals surface area contributed by atoms with Crippen LogP contribution in [0, 0.1) is 0 Å². The van der Waals surface area contributed by atoms with E-state index in [1.165, 1.54) is 55.3 Å². The van der Waals surface area contributed by atoms with Gasteiger partial charge in [-0.15, -0.1) is 0 Å². The van der Waals surface area contributed by atoms with Crippen LogP contribution in [0.15, 0.2) is 133 Å². The maximum absolute atomic E-state index is 6.79. The average Bonchev–Trinajstić information content (AvgIpc) is 3.26. The summed E-state index contributed by atoms with van der Waals surface area (Å²) >= 11 is 0. The van der Waals surface area contributed by atoms with E-state index >= 15 is 0 Å². The van der Waals surface area contributed by atoms with Gasteiger partial charge >= 0.3 is 0 Å². The largest absolute Gasteiger partial charge is 0.456 e. The second kappa shape index (κ2) is 7.69. The molecule has 0 saturated heterocycles. The zero-order valence-electron chi connectivity index (χ0n) is 20.3. The second-order valence-corrected chi connectivity index (χ2v) is 10.1. The monoisotopic (exact) mass is 472 g/mol. The SMILES string of the molecule is c1ccc(Cc2cccc3c2Oc2ccccc2C32c3ccccc3-c3c2ccc2ccccc32)cc1. The summed E-state index contributed by atoms with van der Waals surface area (Å²) in [5.74, 6) is 1.92. The van der Waals surface area contributed by atoms with Gasteiger partial charge in [-0.25, -0.2) is 0 Å². The quantitative estimate of drug-likeness (QED) is 0.244. The van der Waals surface area contributed by atoms with Crippen molar-refractivity contribution >= 4 is 10.8 Å². The average molecular weight is 473 g/mol. The Morgan fingerprint density at radius 2 is 1.24 bits per heavy atom. The van der Waals surface area contributed by atoms with E-state index in [2.05, 4.69) is 133 Å². The Hall–Kier alpha value is -4.62. The van der Waals surface area contributed by atoms with E-state index in [-0.39, 0.29) is 0 Å². The Morgan fingerprint density at radius 1 is 0.514 bits per heavy atom. The standard InChI is InChI=1S/C36H24O/c1-2-11-24(12-3-1)23-26-14-10-19-32-35(26)37-33-20-9-8-18-30(33)36(32)29-17-7-6-16-28(29)34-27-15-5-4-13-25(27)21-22-31(34)36/h1-22H,23H2. The summed E-state index contributed by atoms with van der Waals surface area (Å²) in [7, 11) is 0. The van der Waals surface area contributed by atoms with E-state index in [4.69, 9.17) is 4.74 Å². The van der Waals surface area contributed by atoms with Crippen molar-refractivity contribution in [3.8, 4) is 22.6 Å². The molecule has 0 fully saturated rings. The van der Waals surface area contributed by atoms with Crippen molar-refractivity contribution in [2.45, 2.75) is 11.8 Å². The van der Waals surface area contributed by atoms with Gasteiger partial charge in [-0.05, 0) is 50.2 Å². The van der Waals surface area contributed by atoms with Gasteiger partial charge in [0.2, 0.25) is 0 Å². The molecular formula is C36H24O. The molecular weight excluding hydrogens is 448 g/mol. The number of ether oxygens (including phenoxy) is 1. The summed E-state index contributed by atoms with van der Waals surface area (Å²) in [6.07, 6.45) is 0.828. The fourth-order valence-corrected chi connectivity index (χ4v) is 6.70. The van der Waals surface area contributed by atoms with E-state index < -0.39 is 5.41 Å². The molecule has 0 saturated carbocycles. The molecule has 0 aromatic heterocycles. The molecule has 6 aromatic carbocycles. The van der Waals surface area contributed by atoms with E-state index in [9.17, 15) is 0 Å². The lowest BCUT2D eigenvalue weighted by Crippen LogP contribution is -2.32. The molecule has 0 amide bonds. The van der Waals surface area contributed by atoms with Crippen molar-refractivity contribution in [2.75, 3.05) is 0 Å². The lowest BCUT2D eigenvalue weighted by Gasteiger charge is -2.40. The summed E-state index contributed by atoms with van der Waals surface area (Å²) in [5, 5.41) is 2.57. The van der Waals surface area contributed by atoms with Gasteiger partial charge in [0.25, 0.3) is 0 Å². The summed E-state index contributed by atoms with van der Waals surface area (Å²) in [4.78, 5) is 0. The maximum Gasteiger partial charge on any atom is 0.135 e. The smallest absolute Gasteiger partial charge is 0.135 e. The molecule has 1 unspecified atom stereocenters. The molecule has 174 valence electrons. The zero-order valence-corrected chi connectivity index (χ0v) is 20.3. The number of rotatable bonds is 2. The van der Waals surface area contributed by atoms with Gasteiger partial charge in [0.1, 0.15) is 11.5 Å². The number of fused-ring (bicyclic) bond motifs is 11. The van der Waals surface area contributed by atoms with Crippen LogP contribution in [0.1, 0.15) is 33.4 Å². The Bertz CT molecular complexity index is 1830. The Labute approximate surface area is 216 Å². The van der Waals surface area contributed by atoms with E-state index in [0.717, 1.165) is 17.9 Å². The molecule has 0 radical (unpaired) electrons. The van der Waals surface area contributed by atoms with Gasteiger partial charge in [-0.2, -0.15) is 0 Å². The first-order valence-electron chi connectivity index (χ1n) is 12.9. The molecule has 0 N–H and O–H groups in total. The summed E-state index contributed by atoms with van der Waals surface area (Å²) in [6, 6.07) is 48.3. The van der Waals surface area contributed by atoms with Crippen molar-refractivity contribution in [2.24, 2.45) is 0 Å². The number of benzene rings is 6. The molecule has 1 nitrogen and oxygen atoms in total. The van der Waals surface area contributed by atoms with Gasteiger partial charge in [0.15, 0.2) is 0 Å². The minimum absolute atomic E-state index is 0.438. The molecule has 2 aliphatic rings. The molecule has 1 spiro atoms. The van der Waals surface area contributed by atoms with Crippen molar-refractivity contribution in [3.05, 3.63) is 167 Å². The molecule has 1 aliphatic carbocycles. The minimum atomic E-state index is -0.438. The van der Waals surface area contributed by atoms with Crippen molar-refractivity contribution in [1.29, 1.82) is 0 Å². The zero-order chi connectivity index (χ0) is 24.4. The van der Waals surface area contributed by atoms with Crippen molar-refractivity contribution < 1.29 is 4.74 Å². The topological polar surface area (TPSA) is 9.23 Å². The lowest BCUT2D eigenvalue weighted by molar-refractivity contribution is 0.432. The Morgan fingerprint density at radius 3 is 2.16 bits per heavy atom. The van der Waals surface area contributed by atoms with Gasteiger partial charge in [0, 0.05) is 17.5 Å². The molecule has 1 aliphatic heterocycles. The van der Waals surface area contributed by atoms with Gasteiger partial charge in [-0.3, -0.25) is 0 Å². The molecule has 1 heterocycles. The van der Waals surface area contributed by atoms with Gasteiger partial charge in [0.05, 0.1) is 5.41 Å². The van der Waals surface area contributed by atoms with Crippen LogP contribution in [-0.2, 0) is 11.8 Å². The van der Waals surface area contributed by atoms with Crippen LogP contribution in [0.3, 0.4) is 0 Å². The summed E-state index contributed by atoms with van der Waals surface area (Å²) in [6.45, 7) is 0. The fraction of sp³-hybridized carbons (Fsp3) is 0.0556. The molecule has 37 heavy (non-hydrogen) atoms. The van der Waals surface area contributed by atoms with Crippen molar-refractivity contribution in [1.82, 2.24) is 0 Å².